The summed E-state index contributed by atoms with van der Waals surface area (Å²) in [6, 6.07) is 13.6. The first kappa shape index (κ1) is 28.0. The van der Waals surface area contributed by atoms with Gasteiger partial charge in [0.05, 0.1) is 0 Å². The Morgan fingerprint density at radius 3 is 1.95 bits per heavy atom. The highest BCUT2D eigenvalue weighted by atomic mass is 14.9. The van der Waals surface area contributed by atoms with Crippen LogP contribution in [0.1, 0.15) is 51.3 Å². The van der Waals surface area contributed by atoms with Gasteiger partial charge in [-0.25, -0.2) is 0 Å². The minimum Gasteiger partial charge on any atom is -0.356 e. The van der Waals surface area contributed by atoms with Gasteiger partial charge in [-0.2, -0.15) is 0 Å². The summed E-state index contributed by atoms with van der Waals surface area (Å²) in [7, 11) is 3.92. The van der Waals surface area contributed by atoms with Gasteiger partial charge in [0, 0.05) is 11.4 Å². The molecule has 0 spiro atoms. The highest BCUT2D eigenvalue weighted by Crippen LogP contribution is 2.36. The van der Waals surface area contributed by atoms with Crippen molar-refractivity contribution in [3.63, 3.8) is 0 Å². The van der Waals surface area contributed by atoms with E-state index >= 15 is 0 Å². The van der Waals surface area contributed by atoms with Gasteiger partial charge in [0.15, 0.2) is 29.1 Å². The van der Waals surface area contributed by atoms with Gasteiger partial charge in [0.2, 0.25) is 0 Å². The Labute approximate surface area is 254 Å². The first-order valence-electron chi connectivity index (χ1n) is 15.1. The number of hydrogen-bond acceptors (Lipinski definition) is 1. The minimum atomic E-state index is 0.899. The molecule has 6 rings (SSSR count). The second-order valence-electron chi connectivity index (χ2n) is 12.2. The molecule has 0 saturated heterocycles. The summed E-state index contributed by atoms with van der Waals surface area (Å²) in [5.41, 5.74) is 24.2. The third-order valence-electron chi connectivity index (χ3n) is 9.91. The first-order valence-corrected chi connectivity index (χ1v) is 15.1. The van der Waals surface area contributed by atoms with Crippen LogP contribution in [0.15, 0.2) is 136 Å². The van der Waals surface area contributed by atoms with Gasteiger partial charge < -0.3 is 5.32 Å². The number of rotatable bonds is 8. The summed E-state index contributed by atoms with van der Waals surface area (Å²) in [5.74, 6) is 0. The molecule has 4 heterocycles. The van der Waals surface area contributed by atoms with E-state index in [0.29, 0.717) is 0 Å². The first-order chi connectivity index (χ1) is 20.2. The van der Waals surface area contributed by atoms with Gasteiger partial charge in [-0.1, -0.05) is 135 Å². The van der Waals surface area contributed by atoms with E-state index in [1.54, 1.807) is 0 Å². The van der Waals surface area contributed by atoms with Crippen LogP contribution in [0.25, 0.3) is 16.7 Å². The molecule has 4 aliphatic rings. The molecule has 1 nitrogen and oxygen atoms in total. The Morgan fingerprint density at radius 1 is 0.619 bits per heavy atom. The average Bonchev–Trinajstić information content (AvgIpc) is 3.68. The summed E-state index contributed by atoms with van der Waals surface area (Å²) in [5, 5.41) is 3.62. The van der Waals surface area contributed by atoms with E-state index in [9.17, 15) is 0 Å². The lowest BCUT2D eigenvalue weighted by atomic mass is 9.53. The standard InChI is InChI=1S/C37H37B4N/c1-9-25(16-32-20(4)21(5)36(41-32)37-23(7)28-14-12-13-15-31(28)40-37)42-26(10-2)17-33-27(11-3)30-19-34-29(18-35(30)39-33)22(6)24(8)38-34/h9-19,38-42H,1-3H2,4-8H3/b25-16+,26-17+. The molecule has 4 aliphatic heterocycles. The van der Waals surface area contributed by atoms with Gasteiger partial charge in [-0.05, 0) is 74.3 Å². The van der Waals surface area contributed by atoms with Crippen LogP contribution in [0.2, 0.25) is 0 Å². The average molecular weight is 539 g/mol. The fourth-order valence-electron chi connectivity index (χ4n) is 7.18. The molecule has 2 aromatic carbocycles. The van der Waals surface area contributed by atoms with Crippen LogP contribution in [0.5, 0.6) is 0 Å². The van der Waals surface area contributed by atoms with Crippen molar-refractivity contribution in [1.82, 2.24) is 5.32 Å². The number of benzene rings is 2. The quantitative estimate of drug-likeness (QED) is 0.379. The van der Waals surface area contributed by atoms with Gasteiger partial charge in [0.1, 0.15) is 0 Å². The molecule has 0 amide bonds. The molecule has 0 saturated carbocycles. The van der Waals surface area contributed by atoms with Crippen molar-refractivity contribution in [2.75, 3.05) is 0 Å². The number of fused-ring (bicyclic) bond motifs is 3. The van der Waals surface area contributed by atoms with Crippen LogP contribution < -0.4 is 21.7 Å². The van der Waals surface area contributed by atoms with Crippen molar-refractivity contribution in [2.45, 2.75) is 34.6 Å². The lowest BCUT2D eigenvalue weighted by Gasteiger charge is -2.11. The van der Waals surface area contributed by atoms with Crippen molar-refractivity contribution in [2.24, 2.45) is 0 Å². The summed E-state index contributed by atoms with van der Waals surface area (Å²) in [4.78, 5) is 0. The van der Waals surface area contributed by atoms with E-state index in [1.807, 2.05) is 18.2 Å². The van der Waals surface area contributed by atoms with Crippen LogP contribution in [0.3, 0.4) is 0 Å². The summed E-state index contributed by atoms with van der Waals surface area (Å²) >= 11 is 0. The molecule has 0 bridgehead atoms. The van der Waals surface area contributed by atoms with Crippen molar-refractivity contribution in [3.8, 4) is 0 Å². The zero-order valence-corrected chi connectivity index (χ0v) is 25.8. The van der Waals surface area contributed by atoms with Crippen molar-refractivity contribution in [1.29, 1.82) is 0 Å². The largest absolute Gasteiger partial charge is 0.356 e. The van der Waals surface area contributed by atoms with Crippen LogP contribution in [0, 0.1) is 0 Å². The van der Waals surface area contributed by atoms with Crippen molar-refractivity contribution >= 4 is 62.2 Å². The summed E-state index contributed by atoms with van der Waals surface area (Å²) < 4.78 is 0. The Kier molecular flexibility index (Phi) is 7.31. The molecule has 202 valence electrons. The van der Waals surface area contributed by atoms with E-state index in [4.69, 9.17) is 0 Å². The van der Waals surface area contributed by atoms with Crippen molar-refractivity contribution < 1.29 is 0 Å². The molecule has 2 aromatic rings. The molecule has 0 atom stereocenters. The zero-order valence-electron chi connectivity index (χ0n) is 25.8. The van der Waals surface area contributed by atoms with Crippen molar-refractivity contribution in [3.05, 3.63) is 153 Å². The monoisotopic (exact) mass is 539 g/mol. The van der Waals surface area contributed by atoms with Gasteiger partial charge in [0.25, 0.3) is 0 Å². The van der Waals surface area contributed by atoms with Gasteiger partial charge >= 0.3 is 0 Å². The third kappa shape index (κ3) is 4.66. The van der Waals surface area contributed by atoms with E-state index in [0.717, 1.165) is 40.5 Å². The maximum Gasteiger partial charge on any atom is 0.194 e. The van der Waals surface area contributed by atoms with Gasteiger partial charge in [-0.15, -0.1) is 0 Å². The van der Waals surface area contributed by atoms with Crippen LogP contribution >= 0.6 is 0 Å². The topological polar surface area (TPSA) is 12.0 Å². The molecule has 1 N–H and O–H groups in total. The van der Waals surface area contributed by atoms with Crippen LogP contribution in [0.4, 0.5) is 0 Å². The van der Waals surface area contributed by atoms with E-state index in [-0.39, 0.29) is 0 Å². The fraction of sp³-hybridized carbons (Fsp3) is 0.135. The predicted molar refractivity (Wildman–Crippen MR) is 193 cm³/mol. The molecular weight excluding hydrogens is 502 g/mol. The molecule has 0 aromatic heterocycles. The third-order valence-corrected chi connectivity index (χ3v) is 9.91. The van der Waals surface area contributed by atoms with E-state index in [2.05, 4.69) is 108 Å². The highest BCUT2D eigenvalue weighted by molar-refractivity contribution is 6.73. The van der Waals surface area contributed by atoms with E-state index < -0.39 is 0 Å². The number of hydrogen-bond donors (Lipinski definition) is 1. The molecule has 5 heteroatoms. The fourth-order valence-corrected chi connectivity index (χ4v) is 7.18. The number of allylic oxidation sites excluding steroid dienone is 15. The minimum absolute atomic E-state index is 0.899. The molecule has 42 heavy (non-hydrogen) atoms. The lowest BCUT2D eigenvalue weighted by molar-refractivity contribution is 1.05. The summed E-state index contributed by atoms with van der Waals surface area (Å²) in [6.45, 7) is 23.8. The second kappa shape index (κ2) is 11.0. The lowest BCUT2D eigenvalue weighted by Crippen LogP contribution is -2.22. The number of nitrogens with one attached hydrogen (secondary N) is 1. The second-order valence-corrected chi connectivity index (χ2v) is 12.2. The maximum atomic E-state index is 4.18. The Balaban J connectivity index is 1.24. The maximum absolute atomic E-state index is 4.18. The highest BCUT2D eigenvalue weighted by Gasteiger charge is 2.28. The molecule has 0 aliphatic carbocycles. The SMILES string of the molecule is C=CC1=C(/C=C(\C=C)N/C(C=C)=C/C2=C(C)C(C)=C(C3=C(C)c4ccccc4B3)B2)Bc2cc3c(cc21)BC(C)=C3C. The predicted octanol–water partition coefficient (Wildman–Crippen LogP) is 4.72. The Bertz CT molecular complexity index is 1830. The molecule has 0 fully saturated rings. The van der Waals surface area contributed by atoms with E-state index in [1.165, 1.54) is 88.3 Å². The van der Waals surface area contributed by atoms with Crippen LogP contribution in [-0.2, 0) is 0 Å². The summed E-state index contributed by atoms with van der Waals surface area (Å²) in [6.07, 6.45) is 10.3. The smallest absolute Gasteiger partial charge is 0.194 e. The van der Waals surface area contributed by atoms with Gasteiger partial charge in [-0.3, -0.25) is 0 Å². The molecule has 0 radical (unpaired) electrons. The molecular formula is C37H37B4N. The van der Waals surface area contributed by atoms with Crippen LogP contribution in [-0.4, -0.2) is 29.1 Å². The Morgan fingerprint density at radius 2 is 1.26 bits per heavy atom. The Hall–Kier alpha value is -4.10. The normalized spacial score (nSPS) is 17.5. The zero-order chi connectivity index (χ0) is 29.7. The molecule has 0 unspecified atom stereocenters.